The van der Waals surface area contributed by atoms with E-state index in [2.05, 4.69) is 24.1 Å². The number of nitrogens with one attached hydrogen (secondary N) is 1. The van der Waals surface area contributed by atoms with Crippen molar-refractivity contribution in [1.29, 1.82) is 0 Å². The summed E-state index contributed by atoms with van der Waals surface area (Å²) in [4.78, 5) is 4.31. The van der Waals surface area contributed by atoms with Crippen LogP contribution in [0.25, 0.3) is 10.9 Å². The van der Waals surface area contributed by atoms with Gasteiger partial charge < -0.3 is 10.4 Å². The van der Waals surface area contributed by atoms with E-state index < -0.39 is 0 Å². The van der Waals surface area contributed by atoms with E-state index in [9.17, 15) is 9.50 Å². The molecule has 0 aliphatic heterocycles. The second kappa shape index (κ2) is 7.65. The first-order valence-electron chi connectivity index (χ1n) is 7.99. The SMILES string of the molecule is CCC(CC)(CCO)CNCc1ccc(F)c2cccnc12. The lowest BCUT2D eigenvalue weighted by molar-refractivity contribution is 0.163. The van der Waals surface area contributed by atoms with Gasteiger partial charge in [0.1, 0.15) is 5.82 Å². The third kappa shape index (κ3) is 3.62. The van der Waals surface area contributed by atoms with E-state index in [1.165, 1.54) is 6.07 Å². The summed E-state index contributed by atoms with van der Waals surface area (Å²) < 4.78 is 13.8. The number of pyridine rings is 1. The fourth-order valence-electron chi connectivity index (χ4n) is 2.98. The molecule has 120 valence electrons. The quantitative estimate of drug-likeness (QED) is 0.782. The minimum absolute atomic E-state index is 0.123. The van der Waals surface area contributed by atoms with Crippen molar-refractivity contribution in [1.82, 2.24) is 10.3 Å². The number of aromatic nitrogens is 1. The van der Waals surface area contributed by atoms with Crippen molar-refractivity contribution in [3.05, 3.63) is 41.8 Å². The Kier molecular flexibility index (Phi) is 5.86. The number of halogens is 1. The molecule has 4 heteroatoms. The molecule has 0 atom stereocenters. The molecule has 0 bridgehead atoms. The Hall–Kier alpha value is -1.52. The van der Waals surface area contributed by atoms with Crippen LogP contribution in [0.2, 0.25) is 0 Å². The van der Waals surface area contributed by atoms with Gasteiger partial charge in [-0.25, -0.2) is 4.39 Å². The predicted octanol–water partition coefficient (Wildman–Crippen LogP) is 3.65. The van der Waals surface area contributed by atoms with Crippen molar-refractivity contribution < 1.29 is 9.50 Å². The van der Waals surface area contributed by atoms with Crippen LogP contribution in [-0.2, 0) is 6.54 Å². The van der Waals surface area contributed by atoms with Crippen LogP contribution in [0.4, 0.5) is 4.39 Å². The summed E-state index contributed by atoms with van der Waals surface area (Å²) in [6, 6.07) is 6.81. The number of nitrogens with zero attached hydrogens (tertiary/aromatic N) is 1. The first-order valence-corrected chi connectivity index (χ1v) is 7.99. The predicted molar refractivity (Wildman–Crippen MR) is 88.1 cm³/mol. The fraction of sp³-hybridized carbons (Fsp3) is 0.500. The molecule has 0 aliphatic carbocycles. The van der Waals surface area contributed by atoms with Gasteiger partial charge in [-0.2, -0.15) is 0 Å². The van der Waals surface area contributed by atoms with Crippen LogP contribution in [0.3, 0.4) is 0 Å². The average Bonchev–Trinajstić information content (AvgIpc) is 2.56. The summed E-state index contributed by atoms with van der Waals surface area (Å²) in [5, 5.41) is 13.3. The summed E-state index contributed by atoms with van der Waals surface area (Å²) in [7, 11) is 0. The number of benzene rings is 1. The first-order chi connectivity index (χ1) is 10.7. The van der Waals surface area contributed by atoms with E-state index in [-0.39, 0.29) is 17.8 Å². The van der Waals surface area contributed by atoms with Gasteiger partial charge in [-0.15, -0.1) is 0 Å². The number of aliphatic hydroxyl groups is 1. The molecule has 22 heavy (non-hydrogen) atoms. The second-order valence-electron chi connectivity index (χ2n) is 5.89. The highest BCUT2D eigenvalue weighted by atomic mass is 19.1. The molecule has 1 aromatic carbocycles. The molecular weight excluding hydrogens is 279 g/mol. The van der Waals surface area contributed by atoms with Crippen LogP contribution in [0.1, 0.15) is 38.7 Å². The van der Waals surface area contributed by atoms with Crippen LogP contribution < -0.4 is 5.32 Å². The molecule has 2 aromatic rings. The van der Waals surface area contributed by atoms with Crippen molar-refractivity contribution in [3.8, 4) is 0 Å². The molecule has 0 unspecified atom stereocenters. The number of hydrogen-bond donors (Lipinski definition) is 2. The monoisotopic (exact) mass is 304 g/mol. The van der Waals surface area contributed by atoms with E-state index in [0.717, 1.165) is 36.9 Å². The third-order valence-electron chi connectivity index (χ3n) is 4.76. The largest absolute Gasteiger partial charge is 0.396 e. The van der Waals surface area contributed by atoms with Crippen molar-refractivity contribution in [2.24, 2.45) is 5.41 Å². The molecule has 0 aliphatic rings. The highest BCUT2D eigenvalue weighted by molar-refractivity contribution is 5.82. The van der Waals surface area contributed by atoms with E-state index in [1.807, 2.05) is 0 Å². The third-order valence-corrected chi connectivity index (χ3v) is 4.76. The molecule has 3 nitrogen and oxygen atoms in total. The minimum Gasteiger partial charge on any atom is -0.396 e. The zero-order chi connectivity index (χ0) is 16.0. The van der Waals surface area contributed by atoms with Gasteiger partial charge in [0.2, 0.25) is 0 Å². The Morgan fingerprint density at radius 2 is 2.00 bits per heavy atom. The minimum atomic E-state index is -0.233. The van der Waals surface area contributed by atoms with Gasteiger partial charge in [-0.3, -0.25) is 4.98 Å². The molecule has 0 spiro atoms. The molecule has 1 heterocycles. The normalized spacial score (nSPS) is 12.0. The van der Waals surface area contributed by atoms with Gasteiger partial charge in [-0.1, -0.05) is 19.9 Å². The lowest BCUT2D eigenvalue weighted by Gasteiger charge is -2.31. The van der Waals surface area contributed by atoms with Gasteiger partial charge >= 0.3 is 0 Å². The van der Waals surface area contributed by atoms with Crippen LogP contribution in [0, 0.1) is 11.2 Å². The first kappa shape index (κ1) is 16.8. The van der Waals surface area contributed by atoms with E-state index in [0.29, 0.717) is 11.9 Å². The zero-order valence-electron chi connectivity index (χ0n) is 13.4. The standard InChI is InChI=1S/C18H25FN2O/c1-3-18(4-2,9-11-22)13-20-12-14-7-8-16(19)15-6-5-10-21-17(14)15/h5-8,10,20,22H,3-4,9,11-13H2,1-2H3. The lowest BCUT2D eigenvalue weighted by Crippen LogP contribution is -2.34. The van der Waals surface area contributed by atoms with E-state index in [4.69, 9.17) is 0 Å². The Morgan fingerprint density at radius 1 is 1.23 bits per heavy atom. The van der Waals surface area contributed by atoms with Crippen LogP contribution in [-0.4, -0.2) is 23.2 Å². The summed E-state index contributed by atoms with van der Waals surface area (Å²) in [6.07, 6.45) is 4.55. The smallest absolute Gasteiger partial charge is 0.132 e. The molecule has 1 aromatic heterocycles. The Morgan fingerprint density at radius 3 is 2.68 bits per heavy atom. The van der Waals surface area contributed by atoms with Gasteiger partial charge in [-0.05, 0) is 48.4 Å². The highest BCUT2D eigenvalue weighted by Crippen LogP contribution is 2.29. The number of hydrogen-bond acceptors (Lipinski definition) is 3. The Bertz CT molecular complexity index is 611. The molecular formula is C18H25FN2O. The van der Waals surface area contributed by atoms with Gasteiger partial charge in [0.25, 0.3) is 0 Å². The summed E-state index contributed by atoms with van der Waals surface area (Å²) in [5.74, 6) is -0.233. The topological polar surface area (TPSA) is 45.1 Å². The second-order valence-corrected chi connectivity index (χ2v) is 5.89. The molecule has 0 fully saturated rings. The van der Waals surface area contributed by atoms with Crippen LogP contribution in [0.5, 0.6) is 0 Å². The Labute approximate surface area is 131 Å². The maximum atomic E-state index is 13.8. The van der Waals surface area contributed by atoms with Crippen LogP contribution in [0.15, 0.2) is 30.5 Å². The maximum absolute atomic E-state index is 13.8. The highest BCUT2D eigenvalue weighted by Gasteiger charge is 2.25. The number of rotatable bonds is 8. The molecule has 0 saturated carbocycles. The zero-order valence-corrected chi connectivity index (χ0v) is 13.4. The van der Waals surface area contributed by atoms with Crippen LogP contribution >= 0.6 is 0 Å². The van der Waals surface area contributed by atoms with Crippen molar-refractivity contribution in [2.75, 3.05) is 13.2 Å². The van der Waals surface area contributed by atoms with Crippen molar-refractivity contribution >= 4 is 10.9 Å². The number of fused-ring (bicyclic) bond motifs is 1. The summed E-state index contributed by atoms with van der Waals surface area (Å²) >= 11 is 0. The maximum Gasteiger partial charge on any atom is 0.132 e. The van der Waals surface area contributed by atoms with Gasteiger partial charge in [0, 0.05) is 31.3 Å². The number of aliphatic hydroxyl groups excluding tert-OH is 1. The molecule has 2 N–H and O–H groups in total. The lowest BCUT2D eigenvalue weighted by atomic mass is 9.79. The van der Waals surface area contributed by atoms with Gasteiger partial charge in [0.15, 0.2) is 0 Å². The molecule has 0 saturated heterocycles. The fourth-order valence-corrected chi connectivity index (χ4v) is 2.98. The van der Waals surface area contributed by atoms with Crippen molar-refractivity contribution in [3.63, 3.8) is 0 Å². The Balaban J connectivity index is 2.10. The molecule has 0 radical (unpaired) electrons. The van der Waals surface area contributed by atoms with Gasteiger partial charge in [0.05, 0.1) is 5.52 Å². The molecule has 0 amide bonds. The average molecular weight is 304 g/mol. The summed E-state index contributed by atoms with van der Waals surface area (Å²) in [6.45, 7) is 6.03. The van der Waals surface area contributed by atoms with E-state index in [1.54, 1.807) is 24.4 Å². The molecule has 2 rings (SSSR count). The summed E-state index contributed by atoms with van der Waals surface area (Å²) in [5.41, 5.74) is 1.84. The van der Waals surface area contributed by atoms with Crippen molar-refractivity contribution in [2.45, 2.75) is 39.7 Å². The van der Waals surface area contributed by atoms with E-state index >= 15 is 0 Å².